The van der Waals surface area contributed by atoms with Crippen LogP contribution >= 0.6 is 11.6 Å². The largest absolute Gasteiger partial charge is 0.481 e. The molecule has 1 heterocycles. The lowest BCUT2D eigenvalue weighted by Gasteiger charge is -2.29. The van der Waals surface area contributed by atoms with E-state index in [1.54, 1.807) is 12.1 Å². The fourth-order valence-electron chi connectivity index (χ4n) is 2.93. The lowest BCUT2D eigenvalue weighted by Crippen LogP contribution is -2.39. The van der Waals surface area contributed by atoms with Gasteiger partial charge in [-0.15, -0.1) is 0 Å². The van der Waals surface area contributed by atoms with Crippen LogP contribution in [0.5, 0.6) is 0 Å². The van der Waals surface area contributed by atoms with Crippen LogP contribution in [0.3, 0.4) is 0 Å². The summed E-state index contributed by atoms with van der Waals surface area (Å²) in [5.41, 5.74) is 0.798. The Labute approximate surface area is 129 Å². The molecular weight excluding hydrogens is 288 g/mol. The van der Waals surface area contributed by atoms with Gasteiger partial charge in [-0.25, -0.2) is 0 Å². The van der Waals surface area contributed by atoms with Crippen LogP contribution in [0, 0.1) is 22.7 Å². The molecule has 5 heteroatoms. The summed E-state index contributed by atoms with van der Waals surface area (Å²) < 4.78 is 0. The van der Waals surface area contributed by atoms with E-state index in [4.69, 9.17) is 16.9 Å². The summed E-state index contributed by atoms with van der Waals surface area (Å²) in [4.78, 5) is 13.8. The molecule has 0 aromatic heterocycles. The molecule has 1 atom stereocenters. The standard InChI is InChI=1S/C16H19ClN2O2/c1-11(2)16(15(20)21)5-6-19(10-16)9-13-4-3-12(8-18)7-14(13)17/h3-4,7,11H,5-6,9-10H2,1-2H3,(H,20,21). The van der Waals surface area contributed by atoms with E-state index in [2.05, 4.69) is 11.0 Å². The molecule has 1 aliphatic heterocycles. The van der Waals surface area contributed by atoms with E-state index in [0.717, 1.165) is 12.1 Å². The molecule has 21 heavy (non-hydrogen) atoms. The summed E-state index contributed by atoms with van der Waals surface area (Å²) in [6.45, 7) is 5.84. The first-order chi connectivity index (χ1) is 9.89. The summed E-state index contributed by atoms with van der Waals surface area (Å²) in [7, 11) is 0. The van der Waals surface area contributed by atoms with Gasteiger partial charge in [-0.3, -0.25) is 9.69 Å². The fraction of sp³-hybridized carbons (Fsp3) is 0.500. The predicted octanol–water partition coefficient (Wildman–Crippen LogP) is 3.14. The first kappa shape index (κ1) is 15.8. The third-order valence-electron chi connectivity index (χ3n) is 4.49. The van der Waals surface area contributed by atoms with Gasteiger partial charge in [-0.2, -0.15) is 5.26 Å². The molecule has 0 radical (unpaired) electrons. The van der Waals surface area contributed by atoms with Gasteiger partial charge >= 0.3 is 5.97 Å². The average molecular weight is 307 g/mol. The fourth-order valence-corrected chi connectivity index (χ4v) is 3.17. The smallest absolute Gasteiger partial charge is 0.311 e. The van der Waals surface area contributed by atoms with Crippen LogP contribution in [-0.4, -0.2) is 29.1 Å². The summed E-state index contributed by atoms with van der Waals surface area (Å²) >= 11 is 6.19. The van der Waals surface area contributed by atoms with Crippen molar-refractivity contribution in [3.8, 4) is 6.07 Å². The van der Waals surface area contributed by atoms with E-state index in [9.17, 15) is 9.90 Å². The SMILES string of the molecule is CC(C)C1(C(=O)O)CCN(Cc2ccc(C#N)cc2Cl)C1. The number of rotatable bonds is 4. The van der Waals surface area contributed by atoms with Crippen LogP contribution in [0.1, 0.15) is 31.4 Å². The maximum atomic E-state index is 11.6. The first-order valence-electron chi connectivity index (χ1n) is 7.03. The summed E-state index contributed by atoms with van der Waals surface area (Å²) in [5, 5.41) is 19.0. The Morgan fingerprint density at radius 1 is 1.57 bits per heavy atom. The van der Waals surface area contributed by atoms with Gasteiger partial charge in [0.05, 0.1) is 17.0 Å². The number of nitrogens with zero attached hydrogens (tertiary/aromatic N) is 2. The second-order valence-electron chi connectivity index (χ2n) is 5.99. The van der Waals surface area contributed by atoms with E-state index in [1.807, 2.05) is 19.9 Å². The average Bonchev–Trinajstić information content (AvgIpc) is 2.86. The summed E-state index contributed by atoms with van der Waals surface area (Å²) in [5.74, 6) is -0.623. The van der Waals surface area contributed by atoms with E-state index in [1.165, 1.54) is 0 Å². The zero-order valence-corrected chi connectivity index (χ0v) is 13.0. The van der Waals surface area contributed by atoms with E-state index >= 15 is 0 Å². The minimum Gasteiger partial charge on any atom is -0.481 e. The van der Waals surface area contributed by atoms with Crippen LogP contribution in [0.2, 0.25) is 5.02 Å². The molecule has 0 bridgehead atoms. The van der Waals surface area contributed by atoms with Gasteiger partial charge in [0.2, 0.25) is 0 Å². The number of likely N-dealkylation sites (tertiary alicyclic amines) is 1. The third kappa shape index (κ3) is 3.04. The van der Waals surface area contributed by atoms with Gasteiger partial charge in [0, 0.05) is 18.1 Å². The van der Waals surface area contributed by atoms with Crippen LogP contribution in [0.25, 0.3) is 0 Å². The second kappa shape index (κ2) is 6.05. The Morgan fingerprint density at radius 2 is 2.29 bits per heavy atom. The predicted molar refractivity (Wildman–Crippen MR) is 81.0 cm³/mol. The van der Waals surface area contributed by atoms with E-state index in [0.29, 0.717) is 30.1 Å². The molecule has 0 spiro atoms. The van der Waals surface area contributed by atoms with Crippen molar-refractivity contribution >= 4 is 17.6 Å². The van der Waals surface area contributed by atoms with Crippen LogP contribution in [0.4, 0.5) is 0 Å². The van der Waals surface area contributed by atoms with Crippen molar-refractivity contribution in [1.82, 2.24) is 4.90 Å². The molecule has 1 fully saturated rings. The molecule has 1 aliphatic rings. The first-order valence-corrected chi connectivity index (χ1v) is 7.41. The maximum absolute atomic E-state index is 11.6. The van der Waals surface area contributed by atoms with Crippen molar-refractivity contribution in [3.05, 3.63) is 34.3 Å². The number of nitriles is 1. The number of hydrogen-bond donors (Lipinski definition) is 1. The zero-order valence-electron chi connectivity index (χ0n) is 12.3. The molecule has 1 unspecified atom stereocenters. The molecule has 1 aromatic rings. The van der Waals surface area contributed by atoms with Crippen molar-refractivity contribution in [2.45, 2.75) is 26.8 Å². The van der Waals surface area contributed by atoms with Gasteiger partial charge in [0.15, 0.2) is 0 Å². The molecule has 1 saturated heterocycles. The highest BCUT2D eigenvalue weighted by atomic mass is 35.5. The summed E-state index contributed by atoms with van der Waals surface area (Å²) in [6, 6.07) is 7.29. The Morgan fingerprint density at radius 3 is 2.76 bits per heavy atom. The second-order valence-corrected chi connectivity index (χ2v) is 6.40. The molecule has 0 aliphatic carbocycles. The van der Waals surface area contributed by atoms with Crippen LogP contribution < -0.4 is 0 Å². The number of carboxylic acid groups (broad SMARTS) is 1. The number of carboxylic acids is 1. The number of carbonyl (C=O) groups is 1. The van der Waals surface area contributed by atoms with Crippen molar-refractivity contribution in [3.63, 3.8) is 0 Å². The Kier molecular flexibility index (Phi) is 4.55. The number of aliphatic carboxylic acids is 1. The molecule has 2 rings (SSSR count). The van der Waals surface area contributed by atoms with Crippen LogP contribution in [0.15, 0.2) is 18.2 Å². The highest BCUT2D eigenvalue weighted by molar-refractivity contribution is 6.31. The molecule has 4 nitrogen and oxygen atoms in total. The van der Waals surface area contributed by atoms with Crippen LogP contribution in [-0.2, 0) is 11.3 Å². The van der Waals surface area contributed by atoms with Gasteiger partial charge in [0.25, 0.3) is 0 Å². The number of hydrogen-bond acceptors (Lipinski definition) is 3. The molecule has 0 saturated carbocycles. The van der Waals surface area contributed by atoms with Crippen molar-refractivity contribution in [2.75, 3.05) is 13.1 Å². The summed E-state index contributed by atoms with van der Waals surface area (Å²) in [6.07, 6.45) is 0.661. The maximum Gasteiger partial charge on any atom is 0.311 e. The highest BCUT2D eigenvalue weighted by Crippen LogP contribution is 2.39. The van der Waals surface area contributed by atoms with Gasteiger partial charge in [-0.1, -0.05) is 31.5 Å². The Bertz CT molecular complexity index is 594. The molecular formula is C16H19ClN2O2. The minimum absolute atomic E-state index is 0.0939. The van der Waals surface area contributed by atoms with Crippen molar-refractivity contribution < 1.29 is 9.90 Å². The molecule has 1 aromatic carbocycles. The quantitative estimate of drug-likeness (QED) is 0.928. The Hall–Kier alpha value is -1.57. The van der Waals surface area contributed by atoms with E-state index < -0.39 is 11.4 Å². The lowest BCUT2D eigenvalue weighted by molar-refractivity contribution is -0.151. The normalized spacial score (nSPS) is 22.4. The zero-order chi connectivity index (χ0) is 15.6. The topological polar surface area (TPSA) is 64.3 Å². The minimum atomic E-state index is -0.717. The number of halogens is 1. The lowest BCUT2D eigenvalue weighted by atomic mass is 9.76. The van der Waals surface area contributed by atoms with Gasteiger partial charge in [0.1, 0.15) is 0 Å². The molecule has 112 valence electrons. The van der Waals surface area contributed by atoms with Gasteiger partial charge < -0.3 is 5.11 Å². The van der Waals surface area contributed by atoms with Gasteiger partial charge in [-0.05, 0) is 36.6 Å². The monoisotopic (exact) mass is 306 g/mol. The van der Waals surface area contributed by atoms with Crippen molar-refractivity contribution in [2.24, 2.45) is 11.3 Å². The molecule has 0 amide bonds. The van der Waals surface area contributed by atoms with E-state index in [-0.39, 0.29) is 5.92 Å². The van der Waals surface area contributed by atoms with Crippen molar-refractivity contribution in [1.29, 1.82) is 5.26 Å². The Balaban J connectivity index is 2.13. The molecule has 1 N–H and O–H groups in total. The third-order valence-corrected chi connectivity index (χ3v) is 4.84. The highest BCUT2D eigenvalue weighted by Gasteiger charge is 2.47. The number of benzene rings is 1.